The first kappa shape index (κ1) is 19.0. The summed E-state index contributed by atoms with van der Waals surface area (Å²) in [5.74, 6) is 1.05. The second kappa shape index (κ2) is 7.95. The highest BCUT2D eigenvalue weighted by atomic mass is 16.5. The molecule has 0 spiro atoms. The van der Waals surface area contributed by atoms with Gasteiger partial charge in [0.1, 0.15) is 11.6 Å². The first-order valence-corrected chi connectivity index (χ1v) is 9.99. The van der Waals surface area contributed by atoms with Gasteiger partial charge in [0.2, 0.25) is 11.8 Å². The molecule has 2 saturated carbocycles. The molecule has 0 bridgehead atoms. The molecule has 1 atom stereocenters. The molecular formula is C20H28N4O4. The second-order valence-corrected chi connectivity index (χ2v) is 7.97. The van der Waals surface area contributed by atoms with E-state index in [1.54, 1.807) is 0 Å². The summed E-state index contributed by atoms with van der Waals surface area (Å²) in [5, 5.41) is 2.83. The zero-order valence-corrected chi connectivity index (χ0v) is 16.7. The fourth-order valence-electron chi connectivity index (χ4n) is 3.37. The molecular weight excluding hydrogens is 360 g/mol. The van der Waals surface area contributed by atoms with Gasteiger partial charge in [0.25, 0.3) is 6.01 Å². The van der Waals surface area contributed by atoms with E-state index in [4.69, 9.17) is 14.2 Å². The molecule has 2 aromatic heterocycles. The molecule has 8 heteroatoms. The Morgan fingerprint density at radius 3 is 2.79 bits per heavy atom. The maximum absolute atomic E-state index is 11.0. The number of amides is 1. The van der Waals surface area contributed by atoms with Gasteiger partial charge in [0.15, 0.2) is 5.65 Å². The molecule has 2 heterocycles. The van der Waals surface area contributed by atoms with Crippen LogP contribution in [0.2, 0.25) is 0 Å². The minimum absolute atomic E-state index is 0.0277. The van der Waals surface area contributed by atoms with Crippen LogP contribution >= 0.6 is 0 Å². The van der Waals surface area contributed by atoms with E-state index in [-0.39, 0.29) is 18.1 Å². The zero-order chi connectivity index (χ0) is 19.7. The maximum Gasteiger partial charge on any atom is 0.298 e. The molecule has 0 unspecified atom stereocenters. The van der Waals surface area contributed by atoms with Crippen molar-refractivity contribution in [1.29, 1.82) is 0 Å². The Morgan fingerprint density at radius 1 is 1.29 bits per heavy atom. The standard InChI is InChI=1S/C20H28N4O4/c1-12(21-13(2)25)10-26-16-8-14(9-16)11-27-18-7-6-17-19(23-18)24(3)20(22-17)28-15-4-5-15/h6-7,12,14-16H,4-5,8-11H2,1-3H3,(H,21,25)/t12-,14?,16?/m0/s1. The van der Waals surface area contributed by atoms with Crippen LogP contribution in [-0.4, -0.2) is 51.9 Å². The lowest BCUT2D eigenvalue weighted by molar-refractivity contribution is -0.120. The minimum Gasteiger partial charge on any atom is -0.477 e. The number of imidazole rings is 1. The van der Waals surface area contributed by atoms with Crippen molar-refractivity contribution < 1.29 is 19.0 Å². The lowest BCUT2D eigenvalue weighted by atomic mass is 9.83. The van der Waals surface area contributed by atoms with Crippen LogP contribution in [0.25, 0.3) is 11.2 Å². The maximum atomic E-state index is 11.0. The van der Waals surface area contributed by atoms with Gasteiger partial charge >= 0.3 is 0 Å². The largest absolute Gasteiger partial charge is 0.477 e. The van der Waals surface area contributed by atoms with E-state index in [1.165, 1.54) is 6.92 Å². The third-order valence-corrected chi connectivity index (χ3v) is 5.14. The van der Waals surface area contributed by atoms with Gasteiger partial charge in [-0.25, -0.2) is 0 Å². The summed E-state index contributed by atoms with van der Waals surface area (Å²) in [6.07, 6.45) is 4.70. The van der Waals surface area contributed by atoms with Crippen LogP contribution in [0.3, 0.4) is 0 Å². The first-order chi connectivity index (χ1) is 13.5. The third-order valence-electron chi connectivity index (χ3n) is 5.14. The van der Waals surface area contributed by atoms with Gasteiger partial charge in [-0.15, -0.1) is 0 Å². The van der Waals surface area contributed by atoms with Gasteiger partial charge in [-0.05, 0) is 44.6 Å². The van der Waals surface area contributed by atoms with Crippen molar-refractivity contribution in [1.82, 2.24) is 19.9 Å². The molecule has 152 valence electrons. The Bertz CT molecular complexity index is 842. The average molecular weight is 388 g/mol. The Kier molecular flexibility index (Phi) is 5.39. The van der Waals surface area contributed by atoms with Crippen molar-refractivity contribution in [2.45, 2.75) is 57.8 Å². The summed E-state index contributed by atoms with van der Waals surface area (Å²) >= 11 is 0. The number of carbonyl (C=O) groups excluding carboxylic acids is 1. The Balaban J connectivity index is 1.23. The number of hydrogen-bond donors (Lipinski definition) is 1. The molecule has 28 heavy (non-hydrogen) atoms. The van der Waals surface area contributed by atoms with E-state index in [0.717, 1.165) is 36.8 Å². The molecule has 0 saturated heterocycles. The number of pyridine rings is 1. The van der Waals surface area contributed by atoms with Crippen molar-refractivity contribution in [2.24, 2.45) is 13.0 Å². The van der Waals surface area contributed by atoms with Crippen LogP contribution in [-0.2, 0) is 16.6 Å². The highest BCUT2D eigenvalue weighted by Gasteiger charge is 2.31. The molecule has 4 rings (SSSR count). The van der Waals surface area contributed by atoms with Crippen molar-refractivity contribution in [2.75, 3.05) is 13.2 Å². The van der Waals surface area contributed by atoms with E-state index in [0.29, 0.717) is 37.1 Å². The molecule has 2 aromatic rings. The predicted molar refractivity (Wildman–Crippen MR) is 103 cm³/mol. The summed E-state index contributed by atoms with van der Waals surface area (Å²) in [4.78, 5) is 20.1. The molecule has 2 fully saturated rings. The fourth-order valence-corrected chi connectivity index (χ4v) is 3.37. The number of hydrogen-bond acceptors (Lipinski definition) is 6. The topological polar surface area (TPSA) is 87.5 Å². The number of nitrogens with zero attached hydrogens (tertiary/aromatic N) is 3. The summed E-state index contributed by atoms with van der Waals surface area (Å²) in [7, 11) is 1.92. The van der Waals surface area contributed by atoms with E-state index in [9.17, 15) is 4.79 Å². The zero-order valence-electron chi connectivity index (χ0n) is 16.7. The monoisotopic (exact) mass is 388 g/mol. The van der Waals surface area contributed by atoms with E-state index < -0.39 is 0 Å². The van der Waals surface area contributed by atoms with Crippen molar-refractivity contribution in [3.8, 4) is 11.9 Å². The number of aromatic nitrogens is 3. The summed E-state index contributed by atoms with van der Waals surface area (Å²) in [5.41, 5.74) is 1.59. The number of rotatable bonds is 9. The summed E-state index contributed by atoms with van der Waals surface area (Å²) in [6, 6.07) is 4.44. The lowest BCUT2D eigenvalue weighted by Crippen LogP contribution is -2.40. The van der Waals surface area contributed by atoms with Gasteiger partial charge in [-0.3, -0.25) is 9.36 Å². The van der Waals surface area contributed by atoms with Gasteiger partial charge in [-0.1, -0.05) is 0 Å². The van der Waals surface area contributed by atoms with Gasteiger partial charge in [-0.2, -0.15) is 9.97 Å². The van der Waals surface area contributed by atoms with Crippen molar-refractivity contribution >= 4 is 17.1 Å². The number of ether oxygens (including phenoxy) is 3. The normalized spacial score (nSPS) is 22.5. The summed E-state index contributed by atoms with van der Waals surface area (Å²) in [6.45, 7) is 4.64. The van der Waals surface area contributed by atoms with E-state index in [2.05, 4.69) is 15.3 Å². The van der Waals surface area contributed by atoms with Crippen LogP contribution in [0.4, 0.5) is 0 Å². The molecule has 1 N–H and O–H groups in total. The number of aryl methyl sites for hydroxylation is 1. The van der Waals surface area contributed by atoms with Gasteiger partial charge in [0, 0.05) is 26.1 Å². The number of fused-ring (bicyclic) bond motifs is 1. The highest BCUT2D eigenvalue weighted by molar-refractivity contribution is 5.73. The SMILES string of the molecule is CC(=O)N[C@@H](C)COC1CC(COc2ccc3nc(OC4CC4)n(C)c3n2)C1. The first-order valence-electron chi connectivity index (χ1n) is 9.99. The molecule has 1 amide bonds. The third kappa shape index (κ3) is 4.55. The summed E-state index contributed by atoms with van der Waals surface area (Å²) < 4.78 is 19.4. The Hall–Kier alpha value is -2.35. The molecule has 0 aromatic carbocycles. The van der Waals surface area contributed by atoms with E-state index >= 15 is 0 Å². The highest BCUT2D eigenvalue weighted by Crippen LogP contribution is 2.31. The molecule has 2 aliphatic carbocycles. The minimum atomic E-state index is -0.0277. The lowest BCUT2D eigenvalue weighted by Gasteiger charge is -2.35. The Morgan fingerprint density at radius 2 is 2.07 bits per heavy atom. The van der Waals surface area contributed by atoms with Gasteiger partial charge < -0.3 is 19.5 Å². The van der Waals surface area contributed by atoms with Crippen molar-refractivity contribution in [3.05, 3.63) is 12.1 Å². The van der Waals surface area contributed by atoms with Crippen LogP contribution in [0.15, 0.2) is 12.1 Å². The Labute approximate surface area is 164 Å². The van der Waals surface area contributed by atoms with Crippen LogP contribution in [0, 0.1) is 5.92 Å². The molecule has 0 aliphatic heterocycles. The smallest absolute Gasteiger partial charge is 0.298 e. The number of carbonyl (C=O) groups is 1. The van der Waals surface area contributed by atoms with Crippen LogP contribution < -0.4 is 14.8 Å². The number of nitrogens with one attached hydrogen (secondary N) is 1. The van der Waals surface area contributed by atoms with Crippen molar-refractivity contribution in [3.63, 3.8) is 0 Å². The molecule has 2 aliphatic rings. The van der Waals surface area contributed by atoms with Crippen LogP contribution in [0.1, 0.15) is 39.5 Å². The molecule has 8 nitrogen and oxygen atoms in total. The quantitative estimate of drug-likeness (QED) is 0.709. The van der Waals surface area contributed by atoms with Crippen LogP contribution in [0.5, 0.6) is 11.9 Å². The predicted octanol–water partition coefficient (Wildman–Crippen LogP) is 2.21. The van der Waals surface area contributed by atoms with Gasteiger partial charge in [0.05, 0.1) is 19.3 Å². The second-order valence-electron chi connectivity index (χ2n) is 7.97. The van der Waals surface area contributed by atoms with E-state index in [1.807, 2.05) is 30.7 Å². The fraction of sp³-hybridized carbons (Fsp3) is 0.650. The average Bonchev–Trinajstić information content (AvgIpc) is 3.37. The molecule has 0 radical (unpaired) electrons.